The highest BCUT2D eigenvalue weighted by Crippen LogP contribution is 2.20. The van der Waals surface area contributed by atoms with E-state index in [4.69, 9.17) is 0 Å². The van der Waals surface area contributed by atoms with Crippen molar-refractivity contribution >= 4 is 0 Å². The number of rotatable bonds is 6. The first-order valence-corrected chi connectivity index (χ1v) is 6.22. The highest BCUT2D eigenvalue weighted by atomic mass is 15.1. The van der Waals surface area contributed by atoms with Crippen molar-refractivity contribution in [1.29, 1.82) is 0 Å². The summed E-state index contributed by atoms with van der Waals surface area (Å²) in [6.45, 7) is 14.3. The lowest BCUT2D eigenvalue weighted by atomic mass is 9.96. The van der Waals surface area contributed by atoms with Crippen LogP contribution in [0.2, 0.25) is 0 Å². The van der Waals surface area contributed by atoms with E-state index in [1.807, 2.05) is 18.2 Å². The fraction of sp³-hybridized carbons (Fsp3) is 0.571. The average molecular weight is 220 g/mol. The molecule has 1 aliphatic heterocycles. The van der Waals surface area contributed by atoms with E-state index in [-0.39, 0.29) is 0 Å². The fourth-order valence-electron chi connectivity index (χ4n) is 2.17. The van der Waals surface area contributed by atoms with E-state index in [0.29, 0.717) is 0 Å². The van der Waals surface area contributed by atoms with E-state index in [0.717, 1.165) is 25.6 Å². The van der Waals surface area contributed by atoms with E-state index in [9.17, 15) is 0 Å². The summed E-state index contributed by atoms with van der Waals surface area (Å²) in [6.07, 6.45) is 8.34. The van der Waals surface area contributed by atoms with E-state index in [1.165, 1.54) is 25.1 Å². The monoisotopic (exact) mass is 220 g/mol. The minimum absolute atomic E-state index is 0.839. The van der Waals surface area contributed by atoms with Crippen molar-refractivity contribution < 1.29 is 0 Å². The van der Waals surface area contributed by atoms with Crippen LogP contribution in [-0.4, -0.2) is 31.1 Å². The molecule has 0 unspecified atom stereocenters. The van der Waals surface area contributed by atoms with Gasteiger partial charge >= 0.3 is 0 Å². The molecule has 1 heterocycles. The fourth-order valence-corrected chi connectivity index (χ4v) is 2.17. The minimum atomic E-state index is 0.839. The summed E-state index contributed by atoms with van der Waals surface area (Å²) >= 11 is 0. The molecule has 0 aromatic heterocycles. The lowest BCUT2D eigenvalue weighted by Gasteiger charge is -2.34. The maximum Gasteiger partial charge on any atom is 0.0360 e. The smallest absolute Gasteiger partial charge is 0.0360 e. The molecule has 1 rings (SSSR count). The lowest BCUT2D eigenvalue weighted by molar-refractivity contribution is 0.228. The molecule has 1 aliphatic rings. The minimum Gasteiger partial charge on any atom is -0.372 e. The molecule has 0 bridgehead atoms. The standard InChI is InChI=1S/C14H24N2/c1-4-7-14(5-2)16-10-8-13(9-11-16)12-15-6-3/h4-5,7,13,15H,1-2,6,8-12H2,3H3/b14-7+. The first-order chi connectivity index (χ1) is 7.81. The predicted octanol–water partition coefficient (Wildman–Crippen LogP) is 2.56. The van der Waals surface area contributed by atoms with Gasteiger partial charge in [-0.1, -0.05) is 26.2 Å². The number of likely N-dealkylation sites (tertiary alicyclic amines) is 1. The van der Waals surface area contributed by atoms with Crippen LogP contribution in [0.3, 0.4) is 0 Å². The van der Waals surface area contributed by atoms with Gasteiger partial charge in [0.1, 0.15) is 0 Å². The molecule has 0 aromatic carbocycles. The summed E-state index contributed by atoms with van der Waals surface area (Å²) in [6, 6.07) is 0. The summed E-state index contributed by atoms with van der Waals surface area (Å²) < 4.78 is 0. The van der Waals surface area contributed by atoms with Crippen molar-refractivity contribution in [1.82, 2.24) is 10.2 Å². The van der Waals surface area contributed by atoms with Gasteiger partial charge in [-0.15, -0.1) is 0 Å². The molecule has 1 fully saturated rings. The lowest BCUT2D eigenvalue weighted by Crippen LogP contribution is -2.36. The van der Waals surface area contributed by atoms with Crippen LogP contribution in [0, 0.1) is 5.92 Å². The van der Waals surface area contributed by atoms with Crippen molar-refractivity contribution in [2.24, 2.45) is 5.92 Å². The van der Waals surface area contributed by atoms with Crippen LogP contribution in [0.4, 0.5) is 0 Å². The molecule has 2 heteroatoms. The number of allylic oxidation sites excluding steroid dienone is 3. The van der Waals surface area contributed by atoms with Gasteiger partial charge in [0.25, 0.3) is 0 Å². The Hall–Kier alpha value is -1.02. The number of hydrogen-bond acceptors (Lipinski definition) is 2. The van der Waals surface area contributed by atoms with E-state index >= 15 is 0 Å². The first kappa shape index (κ1) is 13.0. The quantitative estimate of drug-likeness (QED) is 0.692. The second-order valence-electron chi connectivity index (χ2n) is 4.27. The average Bonchev–Trinajstić information content (AvgIpc) is 2.34. The number of nitrogens with one attached hydrogen (secondary N) is 1. The highest BCUT2D eigenvalue weighted by Gasteiger charge is 2.18. The summed E-state index contributed by atoms with van der Waals surface area (Å²) in [5.41, 5.74) is 1.21. The summed E-state index contributed by atoms with van der Waals surface area (Å²) in [7, 11) is 0. The predicted molar refractivity (Wildman–Crippen MR) is 71.3 cm³/mol. The summed E-state index contributed by atoms with van der Waals surface area (Å²) in [4.78, 5) is 2.40. The van der Waals surface area contributed by atoms with Gasteiger partial charge in [0.2, 0.25) is 0 Å². The molecule has 0 aliphatic carbocycles. The van der Waals surface area contributed by atoms with Crippen molar-refractivity contribution in [3.8, 4) is 0 Å². The molecule has 1 N–H and O–H groups in total. The Morgan fingerprint density at radius 3 is 2.56 bits per heavy atom. The molecule has 16 heavy (non-hydrogen) atoms. The van der Waals surface area contributed by atoms with Crippen LogP contribution in [0.5, 0.6) is 0 Å². The van der Waals surface area contributed by atoms with Gasteiger partial charge in [-0.3, -0.25) is 0 Å². The Morgan fingerprint density at radius 1 is 1.38 bits per heavy atom. The molecule has 0 spiro atoms. The third-order valence-electron chi connectivity index (χ3n) is 3.16. The third kappa shape index (κ3) is 3.86. The first-order valence-electron chi connectivity index (χ1n) is 6.22. The van der Waals surface area contributed by atoms with Crippen molar-refractivity contribution in [3.63, 3.8) is 0 Å². The molecule has 0 saturated carbocycles. The summed E-state index contributed by atoms with van der Waals surface area (Å²) in [5.74, 6) is 0.839. The Morgan fingerprint density at radius 2 is 2.06 bits per heavy atom. The Bertz CT molecular complexity index is 247. The summed E-state index contributed by atoms with van der Waals surface area (Å²) in [5, 5.41) is 3.43. The Labute approximate surface area is 99.7 Å². The van der Waals surface area contributed by atoms with E-state index in [2.05, 4.69) is 30.3 Å². The topological polar surface area (TPSA) is 15.3 Å². The van der Waals surface area contributed by atoms with E-state index < -0.39 is 0 Å². The van der Waals surface area contributed by atoms with Crippen LogP contribution < -0.4 is 5.32 Å². The van der Waals surface area contributed by atoms with E-state index in [1.54, 1.807) is 0 Å². The van der Waals surface area contributed by atoms with Crippen molar-refractivity contribution in [3.05, 3.63) is 37.1 Å². The van der Waals surface area contributed by atoms with Crippen LogP contribution in [0.25, 0.3) is 0 Å². The molecule has 0 amide bonds. The Balaban J connectivity index is 2.38. The zero-order valence-corrected chi connectivity index (χ0v) is 10.4. The Kier molecular flexibility index (Phi) is 5.94. The highest BCUT2D eigenvalue weighted by molar-refractivity contribution is 5.20. The van der Waals surface area contributed by atoms with Gasteiger partial charge < -0.3 is 10.2 Å². The van der Waals surface area contributed by atoms with Crippen LogP contribution >= 0.6 is 0 Å². The zero-order valence-electron chi connectivity index (χ0n) is 10.4. The normalized spacial score (nSPS) is 18.6. The number of piperidine rings is 1. The number of nitrogens with zero attached hydrogens (tertiary/aromatic N) is 1. The zero-order chi connectivity index (χ0) is 11.8. The van der Waals surface area contributed by atoms with Gasteiger partial charge in [-0.05, 0) is 44.0 Å². The van der Waals surface area contributed by atoms with Gasteiger partial charge in [0, 0.05) is 18.8 Å². The van der Waals surface area contributed by atoms with Gasteiger partial charge in [0.15, 0.2) is 0 Å². The molecule has 0 radical (unpaired) electrons. The maximum absolute atomic E-state index is 3.85. The largest absolute Gasteiger partial charge is 0.372 e. The second-order valence-corrected chi connectivity index (χ2v) is 4.27. The van der Waals surface area contributed by atoms with Crippen molar-refractivity contribution in [2.75, 3.05) is 26.2 Å². The molecule has 2 nitrogen and oxygen atoms in total. The molecule has 0 aromatic rings. The molecule has 1 saturated heterocycles. The molecule has 90 valence electrons. The SMILES string of the molecule is C=C/C=C(\C=C)N1CCC(CNCC)CC1. The van der Waals surface area contributed by atoms with Crippen LogP contribution in [0.1, 0.15) is 19.8 Å². The maximum atomic E-state index is 3.85. The van der Waals surface area contributed by atoms with Crippen LogP contribution in [0.15, 0.2) is 37.1 Å². The van der Waals surface area contributed by atoms with Gasteiger partial charge in [-0.2, -0.15) is 0 Å². The third-order valence-corrected chi connectivity index (χ3v) is 3.16. The number of hydrogen-bond donors (Lipinski definition) is 1. The van der Waals surface area contributed by atoms with Gasteiger partial charge in [-0.25, -0.2) is 0 Å². The molecular weight excluding hydrogens is 196 g/mol. The van der Waals surface area contributed by atoms with Gasteiger partial charge in [0.05, 0.1) is 0 Å². The van der Waals surface area contributed by atoms with Crippen molar-refractivity contribution in [2.45, 2.75) is 19.8 Å². The molecular formula is C14H24N2. The second kappa shape index (κ2) is 7.29. The molecule has 0 atom stereocenters. The van der Waals surface area contributed by atoms with Crippen LogP contribution in [-0.2, 0) is 0 Å².